The van der Waals surface area contributed by atoms with Gasteiger partial charge in [-0.3, -0.25) is 0 Å². The van der Waals surface area contributed by atoms with Gasteiger partial charge in [0, 0.05) is 5.56 Å². The molecular formula is C7H7BrOS. The molecule has 1 aliphatic rings. The molecule has 0 saturated carbocycles. The minimum atomic E-state index is 1.04. The molecule has 10 heavy (non-hydrogen) atoms. The maximum atomic E-state index is 5.32. The van der Waals surface area contributed by atoms with E-state index in [1.807, 2.05) is 11.8 Å². The van der Waals surface area contributed by atoms with E-state index in [9.17, 15) is 0 Å². The third kappa shape index (κ3) is 1.01. The van der Waals surface area contributed by atoms with Gasteiger partial charge in [-0.2, -0.15) is 11.8 Å². The minimum absolute atomic E-state index is 1.04. The molecule has 0 fully saturated rings. The Morgan fingerprint density at radius 3 is 3.30 bits per heavy atom. The van der Waals surface area contributed by atoms with Gasteiger partial charge in [-0.05, 0) is 28.1 Å². The summed E-state index contributed by atoms with van der Waals surface area (Å²) in [5, 5.41) is 0. The molecule has 2 rings (SSSR count). The van der Waals surface area contributed by atoms with Crippen LogP contribution in [0.3, 0.4) is 0 Å². The highest BCUT2D eigenvalue weighted by Gasteiger charge is 2.15. The second kappa shape index (κ2) is 2.62. The Morgan fingerprint density at radius 2 is 2.50 bits per heavy atom. The average Bonchev–Trinajstić information content (AvgIpc) is 2.34. The van der Waals surface area contributed by atoms with Crippen molar-refractivity contribution in [1.29, 1.82) is 0 Å². The first-order valence-electron chi connectivity index (χ1n) is 3.20. The number of halogens is 1. The van der Waals surface area contributed by atoms with Crippen molar-refractivity contribution in [3.05, 3.63) is 22.1 Å². The van der Waals surface area contributed by atoms with Gasteiger partial charge in [0.2, 0.25) is 0 Å². The first-order chi connectivity index (χ1) is 4.88. The summed E-state index contributed by atoms with van der Waals surface area (Å²) in [6.45, 7) is 0. The van der Waals surface area contributed by atoms with Gasteiger partial charge in [0.1, 0.15) is 12.0 Å². The smallest absolute Gasteiger partial charge is 0.118 e. The molecule has 0 atom stereocenters. The summed E-state index contributed by atoms with van der Waals surface area (Å²) in [4.78, 5) is 0. The SMILES string of the molecule is Brc1coc2c1CCSC2. The molecule has 0 amide bonds. The minimum Gasteiger partial charge on any atom is -0.467 e. The number of thioether (sulfide) groups is 1. The molecule has 0 spiro atoms. The zero-order valence-corrected chi connectivity index (χ0v) is 7.80. The van der Waals surface area contributed by atoms with E-state index in [1.54, 1.807) is 6.26 Å². The molecule has 3 heteroatoms. The average molecular weight is 219 g/mol. The molecule has 1 aliphatic heterocycles. The summed E-state index contributed by atoms with van der Waals surface area (Å²) in [6.07, 6.45) is 2.94. The Kier molecular flexibility index (Phi) is 1.78. The fraction of sp³-hybridized carbons (Fsp3) is 0.429. The first-order valence-corrected chi connectivity index (χ1v) is 5.15. The lowest BCUT2D eigenvalue weighted by Gasteiger charge is -2.08. The molecule has 0 unspecified atom stereocenters. The first kappa shape index (κ1) is 6.80. The van der Waals surface area contributed by atoms with Gasteiger partial charge in [-0.15, -0.1) is 0 Å². The van der Waals surface area contributed by atoms with E-state index in [0.717, 1.165) is 22.4 Å². The molecule has 54 valence electrons. The van der Waals surface area contributed by atoms with Crippen molar-refractivity contribution >= 4 is 27.7 Å². The predicted octanol–water partition coefficient (Wildman–Crippen LogP) is 2.83. The summed E-state index contributed by atoms with van der Waals surface area (Å²) < 4.78 is 6.46. The van der Waals surface area contributed by atoms with Crippen LogP contribution in [0.1, 0.15) is 11.3 Å². The van der Waals surface area contributed by atoms with Crippen LogP contribution in [0.5, 0.6) is 0 Å². The normalized spacial score (nSPS) is 16.9. The highest BCUT2D eigenvalue weighted by Crippen LogP contribution is 2.31. The van der Waals surface area contributed by atoms with E-state index >= 15 is 0 Å². The monoisotopic (exact) mass is 218 g/mol. The van der Waals surface area contributed by atoms with Crippen molar-refractivity contribution in [3.63, 3.8) is 0 Å². The zero-order chi connectivity index (χ0) is 6.97. The third-order valence-electron chi connectivity index (χ3n) is 1.66. The predicted molar refractivity (Wildman–Crippen MR) is 46.3 cm³/mol. The fourth-order valence-corrected chi connectivity index (χ4v) is 2.55. The Balaban J connectivity index is 2.45. The van der Waals surface area contributed by atoms with Crippen LogP contribution in [0.4, 0.5) is 0 Å². The number of furan rings is 1. The van der Waals surface area contributed by atoms with E-state index < -0.39 is 0 Å². The summed E-state index contributed by atoms with van der Waals surface area (Å²) in [7, 11) is 0. The second-order valence-electron chi connectivity index (χ2n) is 2.29. The van der Waals surface area contributed by atoms with E-state index in [2.05, 4.69) is 15.9 Å². The van der Waals surface area contributed by atoms with Crippen molar-refractivity contribution in [2.45, 2.75) is 12.2 Å². The lowest BCUT2D eigenvalue weighted by Crippen LogP contribution is -1.98. The largest absolute Gasteiger partial charge is 0.467 e. The van der Waals surface area contributed by atoms with Crippen molar-refractivity contribution in [2.24, 2.45) is 0 Å². The number of hydrogen-bond acceptors (Lipinski definition) is 2. The van der Waals surface area contributed by atoms with Crippen LogP contribution >= 0.6 is 27.7 Å². The molecular weight excluding hydrogens is 212 g/mol. The third-order valence-corrected chi connectivity index (χ3v) is 3.28. The highest BCUT2D eigenvalue weighted by atomic mass is 79.9. The molecule has 0 saturated heterocycles. The molecule has 0 N–H and O–H groups in total. The summed E-state index contributed by atoms with van der Waals surface area (Å²) in [6, 6.07) is 0. The standard InChI is InChI=1S/C7H7BrOS/c8-6-3-9-7-4-10-2-1-5(6)7/h3H,1-2,4H2. The molecule has 0 aliphatic carbocycles. The van der Waals surface area contributed by atoms with E-state index in [1.165, 1.54) is 11.3 Å². The maximum absolute atomic E-state index is 5.32. The van der Waals surface area contributed by atoms with Gasteiger partial charge in [0.25, 0.3) is 0 Å². The van der Waals surface area contributed by atoms with Crippen LogP contribution in [0.15, 0.2) is 15.2 Å². The maximum Gasteiger partial charge on any atom is 0.118 e. The second-order valence-corrected chi connectivity index (χ2v) is 4.25. The molecule has 1 aromatic heterocycles. The molecule has 0 bridgehead atoms. The van der Waals surface area contributed by atoms with Gasteiger partial charge in [0.15, 0.2) is 0 Å². The van der Waals surface area contributed by atoms with Gasteiger partial charge >= 0.3 is 0 Å². The van der Waals surface area contributed by atoms with E-state index in [0.29, 0.717) is 0 Å². The summed E-state index contributed by atoms with van der Waals surface area (Å²) in [5.74, 6) is 3.43. The number of rotatable bonds is 0. The van der Waals surface area contributed by atoms with Gasteiger partial charge in [0.05, 0.1) is 10.2 Å². The van der Waals surface area contributed by atoms with E-state index in [-0.39, 0.29) is 0 Å². The molecule has 0 aromatic carbocycles. The van der Waals surface area contributed by atoms with Crippen LogP contribution in [0.2, 0.25) is 0 Å². The van der Waals surface area contributed by atoms with Crippen molar-refractivity contribution in [2.75, 3.05) is 5.75 Å². The highest BCUT2D eigenvalue weighted by molar-refractivity contribution is 9.10. The molecule has 1 aromatic rings. The van der Waals surface area contributed by atoms with Crippen LogP contribution in [-0.4, -0.2) is 5.75 Å². The Morgan fingerprint density at radius 1 is 1.60 bits per heavy atom. The molecule has 1 nitrogen and oxygen atoms in total. The fourth-order valence-electron chi connectivity index (χ4n) is 1.12. The van der Waals surface area contributed by atoms with Crippen LogP contribution in [-0.2, 0) is 12.2 Å². The van der Waals surface area contributed by atoms with Crippen LogP contribution < -0.4 is 0 Å². The quantitative estimate of drug-likeness (QED) is 0.665. The van der Waals surface area contributed by atoms with Gasteiger partial charge in [-0.25, -0.2) is 0 Å². The molecule has 0 radical (unpaired) electrons. The van der Waals surface area contributed by atoms with Gasteiger partial charge < -0.3 is 4.42 Å². The topological polar surface area (TPSA) is 13.1 Å². The van der Waals surface area contributed by atoms with Crippen molar-refractivity contribution in [1.82, 2.24) is 0 Å². The molecule has 2 heterocycles. The van der Waals surface area contributed by atoms with E-state index in [4.69, 9.17) is 4.42 Å². The van der Waals surface area contributed by atoms with Gasteiger partial charge in [-0.1, -0.05) is 0 Å². The number of fused-ring (bicyclic) bond motifs is 1. The van der Waals surface area contributed by atoms with Crippen molar-refractivity contribution < 1.29 is 4.42 Å². The van der Waals surface area contributed by atoms with Crippen LogP contribution in [0, 0.1) is 0 Å². The lowest BCUT2D eigenvalue weighted by molar-refractivity contribution is 0.524. The number of hydrogen-bond donors (Lipinski definition) is 0. The van der Waals surface area contributed by atoms with Crippen molar-refractivity contribution in [3.8, 4) is 0 Å². The Labute approximate surface area is 72.3 Å². The van der Waals surface area contributed by atoms with Crippen LogP contribution in [0.25, 0.3) is 0 Å². The summed E-state index contributed by atoms with van der Waals surface area (Å²) in [5.41, 5.74) is 1.37. The summed E-state index contributed by atoms with van der Waals surface area (Å²) >= 11 is 5.39. The Bertz CT molecular complexity index is 244. The Hall–Kier alpha value is 0.110. The zero-order valence-electron chi connectivity index (χ0n) is 5.39. The lowest BCUT2D eigenvalue weighted by atomic mass is 10.2.